The predicted octanol–water partition coefficient (Wildman–Crippen LogP) is 5.05. The zero-order chi connectivity index (χ0) is 21.9. The summed E-state index contributed by atoms with van der Waals surface area (Å²) in [5, 5.41) is 3.53. The van der Waals surface area contributed by atoms with Crippen LogP contribution in [0.4, 0.5) is 4.39 Å². The van der Waals surface area contributed by atoms with Crippen molar-refractivity contribution in [3.63, 3.8) is 0 Å². The molecule has 0 aliphatic carbocycles. The van der Waals surface area contributed by atoms with Crippen LogP contribution in [0.5, 0.6) is 0 Å². The van der Waals surface area contributed by atoms with Gasteiger partial charge in [0.25, 0.3) is 0 Å². The topological polar surface area (TPSA) is 49.4 Å². The number of unbranched alkanes of at least 4 members (excludes halogenated alkanes) is 1. The maximum Gasteiger partial charge on any atom is 0.242 e. The molecule has 7 heteroatoms. The molecular formula is C23H28ClFN2O2S. The van der Waals surface area contributed by atoms with Gasteiger partial charge >= 0.3 is 0 Å². The number of hydrogen-bond donors (Lipinski definition) is 1. The number of nitrogens with zero attached hydrogens (tertiary/aromatic N) is 1. The van der Waals surface area contributed by atoms with Gasteiger partial charge in [0.1, 0.15) is 11.9 Å². The van der Waals surface area contributed by atoms with Gasteiger partial charge < -0.3 is 10.2 Å². The van der Waals surface area contributed by atoms with Crippen molar-refractivity contribution in [2.45, 2.75) is 45.0 Å². The molecule has 4 nitrogen and oxygen atoms in total. The molecule has 0 spiro atoms. The van der Waals surface area contributed by atoms with E-state index in [1.165, 1.54) is 22.7 Å². The van der Waals surface area contributed by atoms with E-state index in [4.69, 9.17) is 11.6 Å². The number of rotatable bonds is 11. The van der Waals surface area contributed by atoms with E-state index in [1.807, 2.05) is 31.2 Å². The first-order valence-corrected chi connectivity index (χ1v) is 11.6. The number of carbonyl (C=O) groups excluding carboxylic acids is 2. The molecule has 0 saturated heterocycles. The molecule has 162 valence electrons. The lowest BCUT2D eigenvalue weighted by atomic mass is 10.1. The van der Waals surface area contributed by atoms with Crippen LogP contribution in [0.2, 0.25) is 5.02 Å². The summed E-state index contributed by atoms with van der Waals surface area (Å²) >= 11 is 7.36. The summed E-state index contributed by atoms with van der Waals surface area (Å²) in [6.45, 7) is 4.34. The maximum atomic E-state index is 14.2. The highest BCUT2D eigenvalue weighted by Crippen LogP contribution is 2.18. The van der Waals surface area contributed by atoms with Crippen LogP contribution in [0.15, 0.2) is 48.5 Å². The Morgan fingerprint density at radius 1 is 1.17 bits per heavy atom. The van der Waals surface area contributed by atoms with Crippen molar-refractivity contribution in [2.24, 2.45) is 0 Å². The first-order valence-electron chi connectivity index (χ1n) is 10.0. The number of benzene rings is 2. The molecule has 0 heterocycles. The lowest BCUT2D eigenvalue weighted by molar-refractivity contribution is -0.138. The first-order chi connectivity index (χ1) is 14.4. The van der Waals surface area contributed by atoms with Crippen LogP contribution in [0, 0.1) is 5.82 Å². The van der Waals surface area contributed by atoms with Gasteiger partial charge in [-0.3, -0.25) is 9.59 Å². The zero-order valence-corrected chi connectivity index (χ0v) is 18.9. The van der Waals surface area contributed by atoms with Crippen LogP contribution in [0.1, 0.15) is 37.8 Å². The van der Waals surface area contributed by atoms with Crippen LogP contribution in [0.3, 0.4) is 0 Å². The SMILES string of the molecule is CCCCNC(=O)C(C)N(Cc1ccccc1F)C(=O)CSCc1ccc(Cl)cc1. The van der Waals surface area contributed by atoms with E-state index < -0.39 is 6.04 Å². The molecule has 1 unspecified atom stereocenters. The third-order valence-electron chi connectivity index (χ3n) is 4.70. The lowest BCUT2D eigenvalue weighted by Crippen LogP contribution is -2.48. The quantitative estimate of drug-likeness (QED) is 0.487. The fourth-order valence-electron chi connectivity index (χ4n) is 2.85. The zero-order valence-electron chi connectivity index (χ0n) is 17.4. The lowest BCUT2D eigenvalue weighted by Gasteiger charge is -2.29. The van der Waals surface area contributed by atoms with Crippen LogP contribution >= 0.6 is 23.4 Å². The molecule has 2 aromatic rings. The average molecular weight is 451 g/mol. The summed E-state index contributed by atoms with van der Waals surface area (Å²) in [7, 11) is 0. The number of halogens is 2. The molecule has 2 aromatic carbocycles. The molecule has 2 rings (SSSR count). The molecule has 2 amide bonds. The summed E-state index contributed by atoms with van der Waals surface area (Å²) in [5.41, 5.74) is 1.45. The monoisotopic (exact) mass is 450 g/mol. The first kappa shape index (κ1) is 24.2. The van der Waals surface area contributed by atoms with Crippen LogP contribution < -0.4 is 5.32 Å². The Hall–Kier alpha value is -2.05. The van der Waals surface area contributed by atoms with Crippen LogP contribution in [-0.2, 0) is 21.9 Å². The molecular weight excluding hydrogens is 423 g/mol. The highest BCUT2D eigenvalue weighted by Gasteiger charge is 2.26. The van der Waals surface area contributed by atoms with Crippen LogP contribution in [-0.4, -0.2) is 35.1 Å². The molecule has 0 aromatic heterocycles. The smallest absolute Gasteiger partial charge is 0.242 e. The summed E-state index contributed by atoms with van der Waals surface area (Å²) < 4.78 is 14.2. The molecule has 0 aliphatic rings. The summed E-state index contributed by atoms with van der Waals surface area (Å²) in [6.07, 6.45) is 1.84. The van der Waals surface area contributed by atoms with Crippen molar-refractivity contribution in [3.05, 3.63) is 70.5 Å². The maximum absolute atomic E-state index is 14.2. The molecule has 0 radical (unpaired) electrons. The van der Waals surface area contributed by atoms with Crippen molar-refractivity contribution in [1.29, 1.82) is 0 Å². The second-order valence-electron chi connectivity index (χ2n) is 7.05. The second-order valence-corrected chi connectivity index (χ2v) is 8.47. The normalized spacial score (nSPS) is 11.7. The Morgan fingerprint density at radius 3 is 2.53 bits per heavy atom. The van der Waals surface area contributed by atoms with Gasteiger partial charge in [-0.25, -0.2) is 4.39 Å². The Labute approximate surface area is 187 Å². The van der Waals surface area contributed by atoms with Gasteiger partial charge in [-0.2, -0.15) is 0 Å². The van der Waals surface area contributed by atoms with Crippen molar-refractivity contribution < 1.29 is 14.0 Å². The fraction of sp³-hybridized carbons (Fsp3) is 0.391. The van der Waals surface area contributed by atoms with Gasteiger partial charge in [-0.15, -0.1) is 11.8 Å². The van der Waals surface area contributed by atoms with E-state index in [2.05, 4.69) is 5.32 Å². The van der Waals surface area contributed by atoms with Crippen molar-refractivity contribution in [2.75, 3.05) is 12.3 Å². The molecule has 0 saturated carbocycles. The van der Waals surface area contributed by atoms with Crippen molar-refractivity contribution >= 4 is 35.2 Å². The van der Waals surface area contributed by atoms with E-state index in [1.54, 1.807) is 25.1 Å². The fourth-order valence-corrected chi connectivity index (χ4v) is 3.85. The largest absolute Gasteiger partial charge is 0.354 e. The van der Waals surface area contributed by atoms with Crippen molar-refractivity contribution in [1.82, 2.24) is 10.2 Å². The van der Waals surface area contributed by atoms with Crippen LogP contribution in [0.25, 0.3) is 0 Å². The van der Waals surface area contributed by atoms with Gasteiger partial charge in [-0.05, 0) is 37.1 Å². The van der Waals surface area contributed by atoms with Crippen molar-refractivity contribution in [3.8, 4) is 0 Å². The summed E-state index contributed by atoms with van der Waals surface area (Å²) in [6, 6.07) is 13.1. The third-order valence-corrected chi connectivity index (χ3v) is 5.94. The van der Waals surface area contributed by atoms with E-state index >= 15 is 0 Å². The Bertz CT molecular complexity index is 832. The third kappa shape index (κ3) is 7.65. The Balaban J connectivity index is 2.04. The summed E-state index contributed by atoms with van der Waals surface area (Å²) in [4.78, 5) is 27.0. The molecule has 1 N–H and O–H groups in total. The predicted molar refractivity (Wildman–Crippen MR) is 122 cm³/mol. The van der Waals surface area contributed by atoms with Gasteiger partial charge in [0, 0.05) is 29.4 Å². The highest BCUT2D eigenvalue weighted by atomic mass is 35.5. The minimum atomic E-state index is -0.690. The minimum Gasteiger partial charge on any atom is -0.354 e. The van der Waals surface area contributed by atoms with E-state index in [0.29, 0.717) is 22.9 Å². The summed E-state index contributed by atoms with van der Waals surface area (Å²) in [5.74, 6) is 0.0332. The Morgan fingerprint density at radius 2 is 1.87 bits per heavy atom. The van der Waals surface area contributed by atoms with E-state index in [9.17, 15) is 14.0 Å². The highest BCUT2D eigenvalue weighted by molar-refractivity contribution is 7.99. The number of thioether (sulfide) groups is 1. The molecule has 0 bridgehead atoms. The van der Waals surface area contributed by atoms with Gasteiger partial charge in [0.15, 0.2) is 0 Å². The molecule has 0 fully saturated rings. The molecule has 0 aliphatic heterocycles. The van der Waals surface area contributed by atoms with Gasteiger partial charge in [0.05, 0.1) is 5.75 Å². The van der Waals surface area contributed by atoms with Gasteiger partial charge in [-0.1, -0.05) is 55.3 Å². The minimum absolute atomic E-state index is 0.0510. The van der Waals surface area contributed by atoms with E-state index in [0.717, 1.165) is 18.4 Å². The number of nitrogens with one attached hydrogen (secondary N) is 1. The van der Waals surface area contributed by atoms with Gasteiger partial charge in [0.2, 0.25) is 11.8 Å². The standard InChI is InChI=1S/C23H28ClFN2O2S/c1-3-4-13-26-23(29)17(2)27(14-19-7-5-6-8-21(19)25)22(28)16-30-15-18-9-11-20(24)12-10-18/h5-12,17H,3-4,13-16H2,1-2H3,(H,26,29). The number of carbonyl (C=O) groups is 2. The average Bonchev–Trinajstić information content (AvgIpc) is 2.74. The molecule has 30 heavy (non-hydrogen) atoms. The number of amides is 2. The van der Waals surface area contributed by atoms with E-state index in [-0.39, 0.29) is 29.9 Å². The number of hydrogen-bond acceptors (Lipinski definition) is 3. The second kappa shape index (κ2) is 12.6. The Kier molecular flexibility index (Phi) is 10.2. The molecule has 1 atom stereocenters.